The van der Waals surface area contributed by atoms with E-state index in [1.165, 1.54) is 0 Å². The van der Waals surface area contributed by atoms with Crippen LogP contribution < -0.4 is 0 Å². The molecule has 3 heteroatoms. The van der Waals surface area contributed by atoms with Crippen LogP contribution in [0.4, 0.5) is 0 Å². The second kappa shape index (κ2) is 4.67. The van der Waals surface area contributed by atoms with Crippen LogP contribution in [-0.4, -0.2) is 11.9 Å². The Labute approximate surface area is 116 Å². The minimum atomic E-state index is -0.626. The molecule has 0 saturated carbocycles. The average Bonchev–Trinajstić information content (AvgIpc) is 2.74. The first-order chi connectivity index (χ1) is 9.65. The smallest absolute Gasteiger partial charge is 0.348 e. The van der Waals surface area contributed by atoms with Gasteiger partial charge < -0.3 is 4.74 Å². The van der Waals surface area contributed by atoms with Crippen LogP contribution in [0.25, 0.3) is 0 Å². The summed E-state index contributed by atoms with van der Waals surface area (Å²) >= 11 is 0. The van der Waals surface area contributed by atoms with Gasteiger partial charge in [0.25, 0.3) is 0 Å². The minimum absolute atomic E-state index is 0.261. The number of esters is 2. The van der Waals surface area contributed by atoms with Crippen LogP contribution in [-0.2, 0) is 4.74 Å². The van der Waals surface area contributed by atoms with Crippen molar-refractivity contribution < 1.29 is 14.3 Å². The monoisotopic (exact) mass is 262 g/mol. The van der Waals surface area contributed by atoms with E-state index in [1.54, 1.807) is 18.2 Å². The molecule has 2 aromatic carbocycles. The summed E-state index contributed by atoms with van der Waals surface area (Å²) in [4.78, 5) is 23.1. The number of benzene rings is 2. The first-order valence-electron chi connectivity index (χ1n) is 6.13. The Bertz CT molecular complexity index is 774. The van der Waals surface area contributed by atoms with E-state index >= 15 is 0 Å². The van der Waals surface area contributed by atoms with Gasteiger partial charge in [0.1, 0.15) is 0 Å². The van der Waals surface area contributed by atoms with E-state index in [9.17, 15) is 9.59 Å². The van der Waals surface area contributed by atoms with Crippen molar-refractivity contribution in [2.45, 2.75) is 6.92 Å². The summed E-state index contributed by atoms with van der Waals surface area (Å²) in [6, 6.07) is 12.7. The van der Waals surface area contributed by atoms with Crippen LogP contribution >= 0.6 is 0 Å². The van der Waals surface area contributed by atoms with E-state index in [4.69, 9.17) is 0 Å². The molecule has 0 atom stereocenters. The van der Waals surface area contributed by atoms with Crippen LogP contribution in [0.2, 0.25) is 0 Å². The molecule has 0 fully saturated rings. The highest BCUT2D eigenvalue weighted by Gasteiger charge is 2.31. The van der Waals surface area contributed by atoms with Crippen molar-refractivity contribution in [2.75, 3.05) is 0 Å². The normalized spacial score (nSPS) is 12.4. The minimum Gasteiger partial charge on any atom is -0.386 e. The fourth-order valence-corrected chi connectivity index (χ4v) is 2.01. The summed E-state index contributed by atoms with van der Waals surface area (Å²) in [6.07, 6.45) is 0. The number of cyclic esters (lactones) is 2. The molecule has 0 aliphatic carbocycles. The van der Waals surface area contributed by atoms with Crippen LogP contribution in [0.1, 0.15) is 37.4 Å². The van der Waals surface area contributed by atoms with E-state index < -0.39 is 11.9 Å². The number of hydrogen-bond acceptors (Lipinski definition) is 3. The largest absolute Gasteiger partial charge is 0.386 e. The highest BCUT2D eigenvalue weighted by atomic mass is 16.6. The molecule has 0 bridgehead atoms. The van der Waals surface area contributed by atoms with Gasteiger partial charge in [-0.15, -0.1) is 0 Å². The Hall–Kier alpha value is -2.86. The van der Waals surface area contributed by atoms with Crippen molar-refractivity contribution in [1.29, 1.82) is 0 Å². The molecule has 3 rings (SSSR count). The average molecular weight is 262 g/mol. The predicted molar refractivity (Wildman–Crippen MR) is 73.3 cm³/mol. The van der Waals surface area contributed by atoms with Crippen molar-refractivity contribution in [3.05, 3.63) is 70.3 Å². The maximum atomic E-state index is 11.6. The Balaban J connectivity index is 2.04. The lowest BCUT2D eigenvalue weighted by Crippen LogP contribution is -1.98. The summed E-state index contributed by atoms with van der Waals surface area (Å²) in [5.74, 6) is 4.68. The highest BCUT2D eigenvalue weighted by molar-refractivity contribution is 6.15. The van der Waals surface area contributed by atoms with Gasteiger partial charge in [-0.3, -0.25) is 0 Å². The summed E-state index contributed by atoms with van der Waals surface area (Å²) in [5.41, 5.74) is 3.07. The molecular formula is C17H10O3. The Morgan fingerprint density at radius 1 is 0.900 bits per heavy atom. The van der Waals surface area contributed by atoms with Crippen LogP contribution in [0.15, 0.2) is 42.5 Å². The third-order valence-electron chi connectivity index (χ3n) is 3.07. The number of carbonyl (C=O) groups excluding carboxylic acids is 2. The SMILES string of the molecule is Cc1ccc(C#Cc2cccc3c2C(=O)OC3=O)cc1. The molecule has 1 aliphatic rings. The molecule has 2 aromatic rings. The van der Waals surface area contributed by atoms with Gasteiger partial charge in [0, 0.05) is 11.1 Å². The van der Waals surface area contributed by atoms with E-state index in [0.29, 0.717) is 5.56 Å². The molecule has 0 saturated heterocycles. The van der Waals surface area contributed by atoms with E-state index in [0.717, 1.165) is 11.1 Å². The zero-order valence-corrected chi connectivity index (χ0v) is 10.8. The van der Waals surface area contributed by atoms with Crippen molar-refractivity contribution >= 4 is 11.9 Å². The lowest BCUT2D eigenvalue weighted by Gasteiger charge is -1.96. The molecule has 3 nitrogen and oxygen atoms in total. The van der Waals surface area contributed by atoms with Gasteiger partial charge in [-0.2, -0.15) is 0 Å². The number of ether oxygens (including phenoxy) is 1. The van der Waals surface area contributed by atoms with Crippen molar-refractivity contribution in [3.63, 3.8) is 0 Å². The van der Waals surface area contributed by atoms with Gasteiger partial charge in [0.15, 0.2) is 0 Å². The second-order valence-corrected chi connectivity index (χ2v) is 4.52. The molecule has 20 heavy (non-hydrogen) atoms. The summed E-state index contributed by atoms with van der Waals surface area (Å²) in [5, 5.41) is 0. The Morgan fingerprint density at radius 2 is 1.65 bits per heavy atom. The van der Waals surface area contributed by atoms with Crippen LogP contribution in [0.3, 0.4) is 0 Å². The van der Waals surface area contributed by atoms with Crippen molar-refractivity contribution in [1.82, 2.24) is 0 Å². The van der Waals surface area contributed by atoms with Crippen molar-refractivity contribution in [3.8, 4) is 11.8 Å². The fourth-order valence-electron chi connectivity index (χ4n) is 2.01. The molecular weight excluding hydrogens is 252 g/mol. The maximum Gasteiger partial charge on any atom is 0.348 e. The number of aryl methyl sites for hydroxylation is 1. The lowest BCUT2D eigenvalue weighted by atomic mass is 10.0. The summed E-state index contributed by atoms with van der Waals surface area (Å²) < 4.78 is 4.59. The van der Waals surface area contributed by atoms with Crippen LogP contribution in [0.5, 0.6) is 0 Å². The molecule has 0 amide bonds. The molecule has 0 aromatic heterocycles. The molecule has 96 valence electrons. The van der Waals surface area contributed by atoms with Gasteiger partial charge in [0.05, 0.1) is 11.1 Å². The fraction of sp³-hybridized carbons (Fsp3) is 0.0588. The highest BCUT2D eigenvalue weighted by Crippen LogP contribution is 2.23. The molecule has 0 N–H and O–H groups in total. The van der Waals surface area contributed by atoms with Crippen LogP contribution in [0, 0.1) is 18.8 Å². The standard InChI is InChI=1S/C17H10O3/c1-11-5-7-12(8-6-11)9-10-13-3-2-4-14-15(13)17(19)20-16(14)18/h2-8H,1H3. The van der Waals surface area contributed by atoms with Gasteiger partial charge in [-0.1, -0.05) is 35.6 Å². The zero-order valence-electron chi connectivity index (χ0n) is 10.8. The molecule has 1 heterocycles. The number of rotatable bonds is 0. The molecule has 0 unspecified atom stereocenters. The second-order valence-electron chi connectivity index (χ2n) is 4.52. The number of fused-ring (bicyclic) bond motifs is 1. The first kappa shape index (κ1) is 12.2. The first-order valence-corrected chi connectivity index (χ1v) is 6.13. The number of hydrogen-bond donors (Lipinski definition) is 0. The Kier molecular flexibility index (Phi) is 2.85. The van der Waals surface area contributed by atoms with E-state index in [-0.39, 0.29) is 11.1 Å². The summed E-state index contributed by atoms with van der Waals surface area (Å²) in [7, 11) is 0. The topological polar surface area (TPSA) is 43.4 Å². The quantitative estimate of drug-likeness (QED) is 0.416. The van der Waals surface area contributed by atoms with Gasteiger partial charge in [-0.05, 0) is 31.2 Å². The third-order valence-corrected chi connectivity index (χ3v) is 3.07. The van der Waals surface area contributed by atoms with Gasteiger partial charge in [-0.25, -0.2) is 9.59 Å². The van der Waals surface area contributed by atoms with Crippen molar-refractivity contribution in [2.24, 2.45) is 0 Å². The Morgan fingerprint density at radius 3 is 2.40 bits per heavy atom. The van der Waals surface area contributed by atoms with Gasteiger partial charge in [0.2, 0.25) is 0 Å². The summed E-state index contributed by atoms with van der Waals surface area (Å²) in [6.45, 7) is 2.00. The number of carbonyl (C=O) groups is 2. The zero-order chi connectivity index (χ0) is 14.1. The molecule has 0 spiro atoms. The van der Waals surface area contributed by atoms with E-state index in [1.807, 2.05) is 31.2 Å². The van der Waals surface area contributed by atoms with E-state index in [2.05, 4.69) is 16.6 Å². The van der Waals surface area contributed by atoms with Gasteiger partial charge >= 0.3 is 11.9 Å². The molecule has 1 aliphatic heterocycles. The molecule has 0 radical (unpaired) electrons. The predicted octanol–water partition coefficient (Wildman–Crippen LogP) is 2.71. The maximum absolute atomic E-state index is 11.6. The lowest BCUT2D eigenvalue weighted by molar-refractivity contribution is 0.0443. The third kappa shape index (κ3) is 2.08.